The number of allylic oxidation sites excluding steroid dienone is 3. The molecule has 1 unspecified atom stereocenters. The zero-order valence-electron chi connectivity index (χ0n) is 8.01. The van der Waals surface area contributed by atoms with Crippen molar-refractivity contribution in [2.24, 2.45) is 5.41 Å². The largest absolute Gasteiger partial charge is 0.298 e. The number of ketones is 1. The third-order valence-corrected chi connectivity index (χ3v) is 3.43. The molecule has 1 nitrogen and oxygen atoms in total. The first-order valence-corrected chi connectivity index (χ1v) is 5.16. The van der Waals surface area contributed by atoms with Gasteiger partial charge in [-0.3, -0.25) is 4.79 Å². The molecule has 0 aromatic rings. The lowest BCUT2D eigenvalue weighted by molar-refractivity contribution is -0.122. The predicted molar refractivity (Wildman–Crippen MR) is 53.4 cm³/mol. The summed E-state index contributed by atoms with van der Waals surface area (Å²) in [4.78, 5) is 11.8. The molecule has 0 saturated heterocycles. The average molecular weight is 176 g/mol. The molecule has 1 fully saturated rings. The summed E-state index contributed by atoms with van der Waals surface area (Å²) in [5.74, 6) is 0.399. The van der Waals surface area contributed by atoms with E-state index in [1.165, 1.54) is 12.0 Å². The van der Waals surface area contributed by atoms with Gasteiger partial charge in [0.2, 0.25) is 0 Å². The Kier molecular flexibility index (Phi) is 2.10. The average Bonchev–Trinajstić information content (AvgIpc) is 2.73. The van der Waals surface area contributed by atoms with Crippen molar-refractivity contribution in [2.75, 3.05) is 0 Å². The van der Waals surface area contributed by atoms with Gasteiger partial charge >= 0.3 is 0 Å². The highest BCUT2D eigenvalue weighted by Crippen LogP contribution is 2.46. The highest BCUT2D eigenvalue weighted by atomic mass is 16.1. The number of hydrogen-bond acceptors (Lipinski definition) is 1. The molecular formula is C12H16O. The molecule has 0 spiro atoms. The Bertz CT molecular complexity index is 275. The van der Waals surface area contributed by atoms with Crippen LogP contribution >= 0.6 is 0 Å². The minimum absolute atomic E-state index is 0.240. The molecule has 1 atom stereocenters. The lowest BCUT2D eigenvalue weighted by Crippen LogP contribution is -2.24. The molecule has 0 aromatic carbocycles. The van der Waals surface area contributed by atoms with Gasteiger partial charge in [0, 0.05) is 6.42 Å². The van der Waals surface area contributed by atoms with Crippen LogP contribution in [0.5, 0.6) is 0 Å². The maximum Gasteiger partial charge on any atom is 0.146 e. The normalized spacial score (nSPS) is 33.5. The summed E-state index contributed by atoms with van der Waals surface area (Å²) >= 11 is 0. The SMILES string of the molecule is C=CC1(C2=CCCC2)CCCC1=O. The Labute approximate surface area is 79.5 Å². The second-order valence-electron chi connectivity index (χ2n) is 4.07. The van der Waals surface area contributed by atoms with Crippen molar-refractivity contribution < 1.29 is 4.79 Å². The smallest absolute Gasteiger partial charge is 0.146 e. The Hall–Kier alpha value is -0.850. The minimum Gasteiger partial charge on any atom is -0.298 e. The van der Waals surface area contributed by atoms with Crippen LogP contribution in [0.3, 0.4) is 0 Å². The van der Waals surface area contributed by atoms with Gasteiger partial charge in [-0.2, -0.15) is 0 Å². The Balaban J connectivity index is 2.33. The van der Waals surface area contributed by atoms with E-state index in [4.69, 9.17) is 0 Å². The monoisotopic (exact) mass is 176 g/mol. The fraction of sp³-hybridized carbons (Fsp3) is 0.583. The van der Waals surface area contributed by atoms with E-state index in [9.17, 15) is 4.79 Å². The van der Waals surface area contributed by atoms with E-state index in [0.29, 0.717) is 5.78 Å². The highest BCUT2D eigenvalue weighted by Gasteiger charge is 2.42. The van der Waals surface area contributed by atoms with Gasteiger partial charge in [-0.05, 0) is 32.1 Å². The molecule has 0 aliphatic heterocycles. The fourth-order valence-corrected chi connectivity index (χ4v) is 2.65. The van der Waals surface area contributed by atoms with Crippen LogP contribution < -0.4 is 0 Å². The molecule has 0 aromatic heterocycles. The van der Waals surface area contributed by atoms with Crippen LogP contribution in [0.2, 0.25) is 0 Å². The van der Waals surface area contributed by atoms with Gasteiger partial charge in [0.25, 0.3) is 0 Å². The third kappa shape index (κ3) is 1.18. The summed E-state index contributed by atoms with van der Waals surface area (Å²) in [7, 11) is 0. The van der Waals surface area contributed by atoms with Crippen molar-refractivity contribution in [2.45, 2.75) is 38.5 Å². The summed E-state index contributed by atoms with van der Waals surface area (Å²) in [6.45, 7) is 3.85. The quantitative estimate of drug-likeness (QED) is 0.591. The Morgan fingerprint density at radius 2 is 2.23 bits per heavy atom. The fourth-order valence-electron chi connectivity index (χ4n) is 2.65. The second-order valence-corrected chi connectivity index (χ2v) is 4.07. The third-order valence-electron chi connectivity index (χ3n) is 3.43. The first kappa shape index (κ1) is 8.74. The highest BCUT2D eigenvalue weighted by molar-refractivity contribution is 5.91. The lowest BCUT2D eigenvalue weighted by atomic mass is 9.77. The lowest BCUT2D eigenvalue weighted by Gasteiger charge is -2.24. The summed E-state index contributed by atoms with van der Waals surface area (Å²) in [5, 5.41) is 0. The van der Waals surface area contributed by atoms with E-state index in [0.717, 1.165) is 32.1 Å². The summed E-state index contributed by atoms with van der Waals surface area (Å²) in [6.07, 6.45) is 10.4. The van der Waals surface area contributed by atoms with Gasteiger partial charge in [-0.1, -0.05) is 17.7 Å². The van der Waals surface area contributed by atoms with Crippen molar-refractivity contribution in [1.29, 1.82) is 0 Å². The van der Waals surface area contributed by atoms with E-state index in [-0.39, 0.29) is 5.41 Å². The van der Waals surface area contributed by atoms with Gasteiger partial charge in [0.15, 0.2) is 0 Å². The molecule has 2 aliphatic rings. The van der Waals surface area contributed by atoms with Crippen LogP contribution in [0, 0.1) is 5.41 Å². The van der Waals surface area contributed by atoms with Gasteiger partial charge in [-0.25, -0.2) is 0 Å². The number of carbonyl (C=O) groups excluding carboxylic acids is 1. The van der Waals surface area contributed by atoms with Gasteiger partial charge < -0.3 is 0 Å². The van der Waals surface area contributed by atoms with Crippen molar-refractivity contribution in [3.63, 3.8) is 0 Å². The first-order valence-electron chi connectivity index (χ1n) is 5.16. The summed E-state index contributed by atoms with van der Waals surface area (Å²) < 4.78 is 0. The maximum atomic E-state index is 11.8. The van der Waals surface area contributed by atoms with E-state index >= 15 is 0 Å². The van der Waals surface area contributed by atoms with Crippen LogP contribution in [0.25, 0.3) is 0 Å². The molecule has 2 rings (SSSR count). The van der Waals surface area contributed by atoms with Crippen LogP contribution in [0.4, 0.5) is 0 Å². The van der Waals surface area contributed by atoms with Gasteiger partial charge in [-0.15, -0.1) is 6.58 Å². The molecular weight excluding hydrogens is 160 g/mol. The zero-order valence-corrected chi connectivity index (χ0v) is 8.01. The number of hydrogen-bond donors (Lipinski definition) is 0. The van der Waals surface area contributed by atoms with Crippen LogP contribution in [-0.2, 0) is 4.79 Å². The molecule has 0 N–H and O–H groups in total. The molecule has 1 heteroatoms. The maximum absolute atomic E-state index is 11.8. The van der Waals surface area contributed by atoms with E-state index in [1.807, 2.05) is 6.08 Å². The van der Waals surface area contributed by atoms with E-state index in [1.54, 1.807) is 0 Å². The molecule has 0 radical (unpaired) electrons. The Morgan fingerprint density at radius 3 is 2.69 bits per heavy atom. The molecule has 0 heterocycles. The molecule has 2 aliphatic carbocycles. The summed E-state index contributed by atoms with van der Waals surface area (Å²) in [5.41, 5.74) is 1.11. The summed E-state index contributed by atoms with van der Waals surface area (Å²) in [6, 6.07) is 0. The van der Waals surface area contributed by atoms with Crippen molar-refractivity contribution >= 4 is 5.78 Å². The molecule has 0 bridgehead atoms. The van der Waals surface area contributed by atoms with Crippen molar-refractivity contribution in [1.82, 2.24) is 0 Å². The van der Waals surface area contributed by atoms with E-state index < -0.39 is 0 Å². The molecule has 1 saturated carbocycles. The second kappa shape index (κ2) is 3.13. The predicted octanol–water partition coefficient (Wildman–Crippen LogP) is 3.02. The van der Waals surface area contributed by atoms with Gasteiger partial charge in [0.05, 0.1) is 5.41 Å². The van der Waals surface area contributed by atoms with Crippen molar-refractivity contribution in [3.05, 3.63) is 24.3 Å². The number of carbonyl (C=O) groups is 1. The van der Waals surface area contributed by atoms with Crippen molar-refractivity contribution in [3.8, 4) is 0 Å². The number of rotatable bonds is 2. The van der Waals surface area contributed by atoms with Gasteiger partial charge in [0.1, 0.15) is 5.78 Å². The minimum atomic E-state index is -0.240. The first-order chi connectivity index (χ1) is 6.29. The number of Topliss-reactive ketones (excluding diaryl/α,β-unsaturated/α-hetero) is 1. The van der Waals surface area contributed by atoms with Crippen LogP contribution in [0.1, 0.15) is 38.5 Å². The van der Waals surface area contributed by atoms with E-state index in [2.05, 4.69) is 12.7 Å². The van der Waals surface area contributed by atoms with Crippen LogP contribution in [-0.4, -0.2) is 5.78 Å². The standard InChI is InChI=1S/C12H16O/c1-2-12(9-5-8-11(12)13)10-6-3-4-7-10/h2,6H,1,3-5,7-9H2. The molecule has 70 valence electrons. The molecule has 13 heavy (non-hydrogen) atoms. The Morgan fingerprint density at radius 1 is 1.38 bits per heavy atom. The zero-order chi connectivity index (χ0) is 9.31. The molecule has 0 amide bonds. The van der Waals surface area contributed by atoms with Crippen LogP contribution in [0.15, 0.2) is 24.3 Å². The topological polar surface area (TPSA) is 17.1 Å².